The number of carboxylic acid groups (broad SMARTS) is 1. The number of aromatic nitrogens is 2. The van der Waals surface area contributed by atoms with Gasteiger partial charge in [0.15, 0.2) is 0 Å². The highest BCUT2D eigenvalue weighted by Gasteiger charge is 2.23. The molecule has 0 radical (unpaired) electrons. The molecule has 34 heavy (non-hydrogen) atoms. The van der Waals surface area contributed by atoms with Gasteiger partial charge in [0.05, 0.1) is 17.8 Å². The Kier molecular flexibility index (Phi) is 6.17. The first-order valence-corrected chi connectivity index (χ1v) is 11.9. The standard InChI is InChI=1S/C29H28N2O3/c32-28(33)26-14-8-7-13-25(26)22-17-15-21(16-18-22)19-31-27(23-9-3-1-4-10-23)20-30(29(31)34)24-11-5-2-6-12-24/h2,5-8,11-18,20,23H,1,3-4,9-10,19H2,(H,32,33). The van der Waals surface area contributed by atoms with Gasteiger partial charge in [-0.3, -0.25) is 9.13 Å². The maximum absolute atomic E-state index is 13.5. The summed E-state index contributed by atoms with van der Waals surface area (Å²) in [6, 6.07) is 24.7. The van der Waals surface area contributed by atoms with Crippen LogP contribution in [0, 0.1) is 0 Å². The van der Waals surface area contributed by atoms with Crippen molar-refractivity contribution < 1.29 is 9.90 Å². The predicted octanol–water partition coefficient (Wildman–Crippen LogP) is 6.10. The Morgan fingerprint density at radius 1 is 0.853 bits per heavy atom. The van der Waals surface area contributed by atoms with Gasteiger partial charge in [-0.25, -0.2) is 9.59 Å². The zero-order chi connectivity index (χ0) is 23.5. The summed E-state index contributed by atoms with van der Waals surface area (Å²) in [5.74, 6) is -0.543. The molecule has 1 N–H and O–H groups in total. The summed E-state index contributed by atoms with van der Waals surface area (Å²) < 4.78 is 3.69. The topological polar surface area (TPSA) is 64.2 Å². The van der Waals surface area contributed by atoms with E-state index in [4.69, 9.17) is 0 Å². The second kappa shape index (κ2) is 9.56. The molecule has 1 aromatic heterocycles. The summed E-state index contributed by atoms with van der Waals surface area (Å²) in [5.41, 5.74) is 4.80. The first kappa shape index (κ1) is 22.0. The normalized spacial score (nSPS) is 14.2. The molecule has 0 spiro atoms. The smallest absolute Gasteiger partial charge is 0.336 e. The highest BCUT2D eigenvalue weighted by molar-refractivity contribution is 5.95. The van der Waals surface area contributed by atoms with E-state index in [1.807, 2.05) is 77.5 Å². The van der Waals surface area contributed by atoms with E-state index in [1.54, 1.807) is 16.7 Å². The number of hydrogen-bond acceptors (Lipinski definition) is 2. The lowest BCUT2D eigenvalue weighted by Crippen LogP contribution is -2.25. The number of rotatable bonds is 6. The minimum Gasteiger partial charge on any atom is -0.478 e. The van der Waals surface area contributed by atoms with E-state index in [2.05, 4.69) is 0 Å². The fourth-order valence-corrected chi connectivity index (χ4v) is 5.05. The average Bonchev–Trinajstić information content (AvgIpc) is 3.21. The molecule has 5 rings (SSSR count). The molecule has 1 aliphatic carbocycles. The Labute approximate surface area is 198 Å². The molecule has 172 valence electrons. The van der Waals surface area contributed by atoms with Crippen molar-refractivity contribution >= 4 is 5.97 Å². The van der Waals surface area contributed by atoms with Crippen molar-refractivity contribution in [3.63, 3.8) is 0 Å². The quantitative estimate of drug-likeness (QED) is 0.384. The molecule has 5 heteroatoms. The van der Waals surface area contributed by atoms with Crippen molar-refractivity contribution in [2.24, 2.45) is 0 Å². The summed E-state index contributed by atoms with van der Waals surface area (Å²) in [6.07, 6.45) is 7.93. The van der Waals surface area contributed by atoms with Crippen molar-refractivity contribution in [2.75, 3.05) is 0 Å². The number of benzene rings is 3. The Morgan fingerprint density at radius 3 is 2.24 bits per heavy atom. The molecule has 1 aliphatic rings. The molecule has 1 saturated carbocycles. The SMILES string of the molecule is O=C(O)c1ccccc1-c1ccc(Cn2c(C3CCCCC3)cn(-c3ccccc3)c2=O)cc1. The maximum Gasteiger partial charge on any atom is 0.336 e. The van der Waals surface area contributed by atoms with Crippen LogP contribution in [0.15, 0.2) is 89.9 Å². The molecule has 0 bridgehead atoms. The highest BCUT2D eigenvalue weighted by Crippen LogP contribution is 2.33. The zero-order valence-electron chi connectivity index (χ0n) is 19.1. The van der Waals surface area contributed by atoms with Crippen molar-refractivity contribution in [3.8, 4) is 16.8 Å². The summed E-state index contributed by atoms with van der Waals surface area (Å²) in [6.45, 7) is 0.491. The highest BCUT2D eigenvalue weighted by atomic mass is 16.4. The molecule has 0 aliphatic heterocycles. The number of carboxylic acids is 1. The van der Waals surface area contributed by atoms with Gasteiger partial charge in [0.25, 0.3) is 0 Å². The summed E-state index contributed by atoms with van der Waals surface area (Å²) in [7, 11) is 0. The van der Waals surface area contributed by atoms with Crippen molar-refractivity contribution in [1.29, 1.82) is 0 Å². The van der Waals surface area contributed by atoms with Gasteiger partial charge < -0.3 is 5.11 Å². The third kappa shape index (κ3) is 4.34. The van der Waals surface area contributed by atoms with Crippen LogP contribution in [0.4, 0.5) is 0 Å². The van der Waals surface area contributed by atoms with Crippen LogP contribution in [0.1, 0.15) is 59.6 Å². The average molecular weight is 453 g/mol. The van der Waals surface area contributed by atoms with Crippen LogP contribution in [0.5, 0.6) is 0 Å². The molecule has 0 unspecified atom stereocenters. The Morgan fingerprint density at radius 2 is 1.53 bits per heavy atom. The van der Waals surface area contributed by atoms with E-state index in [9.17, 15) is 14.7 Å². The molecular formula is C29H28N2O3. The van der Waals surface area contributed by atoms with Gasteiger partial charge in [-0.2, -0.15) is 0 Å². The van der Waals surface area contributed by atoms with E-state index in [0.717, 1.165) is 35.3 Å². The van der Waals surface area contributed by atoms with Gasteiger partial charge in [0, 0.05) is 17.8 Å². The van der Waals surface area contributed by atoms with Gasteiger partial charge in [0.1, 0.15) is 0 Å². The summed E-state index contributed by atoms with van der Waals surface area (Å²) in [5, 5.41) is 9.52. The minimum absolute atomic E-state index is 0.0212. The van der Waals surface area contributed by atoms with Crippen molar-refractivity contribution in [3.05, 3.63) is 112 Å². The molecule has 3 aromatic carbocycles. The minimum atomic E-state index is -0.939. The second-order valence-corrected chi connectivity index (χ2v) is 9.01. The van der Waals surface area contributed by atoms with Gasteiger partial charge in [-0.15, -0.1) is 0 Å². The largest absolute Gasteiger partial charge is 0.478 e. The molecule has 1 fully saturated rings. The Hall–Kier alpha value is -3.86. The number of hydrogen-bond donors (Lipinski definition) is 1. The van der Waals surface area contributed by atoms with Crippen LogP contribution in [0.3, 0.4) is 0 Å². The second-order valence-electron chi connectivity index (χ2n) is 9.01. The lowest BCUT2D eigenvalue weighted by molar-refractivity contribution is 0.0697. The van der Waals surface area contributed by atoms with Gasteiger partial charge in [0.2, 0.25) is 0 Å². The van der Waals surface area contributed by atoms with E-state index < -0.39 is 5.97 Å². The maximum atomic E-state index is 13.5. The summed E-state index contributed by atoms with van der Waals surface area (Å²) >= 11 is 0. The molecule has 0 saturated heterocycles. The zero-order valence-corrected chi connectivity index (χ0v) is 19.1. The predicted molar refractivity (Wildman–Crippen MR) is 134 cm³/mol. The third-order valence-electron chi connectivity index (χ3n) is 6.83. The first-order valence-electron chi connectivity index (χ1n) is 11.9. The number of aromatic carboxylic acids is 1. The van der Waals surface area contributed by atoms with E-state index in [1.165, 1.54) is 19.3 Å². The van der Waals surface area contributed by atoms with Gasteiger partial charge in [-0.1, -0.05) is 79.9 Å². The first-order chi connectivity index (χ1) is 16.6. The molecular weight excluding hydrogens is 424 g/mol. The van der Waals surface area contributed by atoms with E-state index in [-0.39, 0.29) is 11.3 Å². The number of carbonyl (C=O) groups is 1. The van der Waals surface area contributed by atoms with E-state index >= 15 is 0 Å². The fraction of sp³-hybridized carbons (Fsp3) is 0.241. The van der Waals surface area contributed by atoms with Crippen molar-refractivity contribution in [2.45, 2.75) is 44.6 Å². The molecule has 1 heterocycles. The van der Waals surface area contributed by atoms with Crippen LogP contribution in [-0.4, -0.2) is 20.2 Å². The fourth-order valence-electron chi connectivity index (χ4n) is 5.05. The number of nitrogens with zero attached hydrogens (tertiary/aromatic N) is 2. The number of para-hydroxylation sites is 1. The monoisotopic (exact) mass is 452 g/mol. The number of imidazole rings is 1. The molecule has 0 atom stereocenters. The molecule has 4 aromatic rings. The van der Waals surface area contributed by atoms with Crippen LogP contribution < -0.4 is 5.69 Å². The van der Waals surface area contributed by atoms with Crippen LogP contribution in [0.2, 0.25) is 0 Å². The Bertz CT molecular complexity index is 1340. The summed E-state index contributed by atoms with van der Waals surface area (Å²) in [4.78, 5) is 25.1. The van der Waals surface area contributed by atoms with E-state index in [0.29, 0.717) is 18.0 Å². The van der Waals surface area contributed by atoms with Crippen LogP contribution in [0.25, 0.3) is 16.8 Å². The molecule has 5 nitrogen and oxygen atoms in total. The Balaban J connectivity index is 1.50. The van der Waals surface area contributed by atoms with Crippen LogP contribution in [-0.2, 0) is 6.54 Å². The lowest BCUT2D eigenvalue weighted by atomic mass is 9.87. The van der Waals surface area contributed by atoms with Crippen LogP contribution >= 0.6 is 0 Å². The van der Waals surface area contributed by atoms with Crippen molar-refractivity contribution in [1.82, 2.24) is 9.13 Å². The lowest BCUT2D eigenvalue weighted by Gasteiger charge is -2.22. The molecule has 0 amide bonds. The van der Waals surface area contributed by atoms with Gasteiger partial charge in [-0.05, 0) is 47.7 Å². The van der Waals surface area contributed by atoms with Gasteiger partial charge >= 0.3 is 11.7 Å². The third-order valence-corrected chi connectivity index (χ3v) is 6.83.